The zero-order valence-corrected chi connectivity index (χ0v) is 12.6. The Hall–Kier alpha value is 0. The summed E-state index contributed by atoms with van der Waals surface area (Å²) >= 11 is 0. The second-order valence-electron chi connectivity index (χ2n) is 8.29. The molecule has 0 aliphatic heterocycles. The summed E-state index contributed by atoms with van der Waals surface area (Å²) in [6.07, 6.45) is 2.88. The van der Waals surface area contributed by atoms with Crippen LogP contribution in [-0.4, -0.2) is 0 Å². The Morgan fingerprint density at radius 2 is 1.25 bits per heavy atom. The largest absolute Gasteiger partial charge is 0.0620 e. The third kappa shape index (κ3) is 0.946. The van der Waals surface area contributed by atoms with Crippen LogP contribution in [0.4, 0.5) is 0 Å². The van der Waals surface area contributed by atoms with Gasteiger partial charge in [0, 0.05) is 0 Å². The van der Waals surface area contributed by atoms with Gasteiger partial charge in [0.15, 0.2) is 0 Å². The molecular weight excluding hydrogens is 192 g/mol. The third-order valence-electron chi connectivity index (χ3n) is 8.03. The fourth-order valence-electron chi connectivity index (χ4n) is 5.44. The van der Waals surface area contributed by atoms with E-state index >= 15 is 0 Å². The first-order valence-corrected chi connectivity index (χ1v) is 7.01. The maximum atomic E-state index is 2.58. The zero-order chi connectivity index (χ0) is 12.6. The van der Waals surface area contributed by atoms with Crippen molar-refractivity contribution in [2.75, 3.05) is 0 Å². The molecule has 0 aromatic rings. The second-order valence-corrected chi connectivity index (χ2v) is 8.29. The molecule has 2 aliphatic rings. The molecule has 16 heavy (non-hydrogen) atoms. The topological polar surface area (TPSA) is 0 Å². The van der Waals surface area contributed by atoms with Crippen molar-refractivity contribution in [1.29, 1.82) is 0 Å². The molecule has 2 aliphatic carbocycles. The van der Waals surface area contributed by atoms with E-state index in [9.17, 15) is 0 Å². The van der Waals surface area contributed by atoms with E-state index in [1.807, 2.05) is 0 Å². The van der Waals surface area contributed by atoms with Crippen LogP contribution in [0.25, 0.3) is 0 Å². The minimum Gasteiger partial charge on any atom is -0.0620 e. The van der Waals surface area contributed by atoms with E-state index in [1.54, 1.807) is 0 Å². The van der Waals surface area contributed by atoms with Crippen LogP contribution in [-0.2, 0) is 0 Å². The molecule has 0 nitrogen and oxygen atoms in total. The average Bonchev–Trinajstić information content (AvgIpc) is 2.47. The summed E-state index contributed by atoms with van der Waals surface area (Å²) in [5.41, 5.74) is 1.86. The molecular formula is C16H30. The lowest BCUT2D eigenvalue weighted by Crippen LogP contribution is -2.43. The third-order valence-corrected chi connectivity index (χ3v) is 8.03. The highest BCUT2D eigenvalue weighted by Crippen LogP contribution is 2.78. The Labute approximate surface area is 102 Å². The van der Waals surface area contributed by atoms with Crippen LogP contribution in [0.3, 0.4) is 0 Å². The van der Waals surface area contributed by atoms with E-state index < -0.39 is 0 Å². The Bertz CT molecular complexity index is 308. The van der Waals surface area contributed by atoms with Gasteiger partial charge in [-0.15, -0.1) is 0 Å². The summed E-state index contributed by atoms with van der Waals surface area (Å²) in [6, 6.07) is 0. The predicted octanol–water partition coefficient (Wildman–Crippen LogP) is 5.13. The maximum Gasteiger partial charge on any atom is -0.0210 e. The fourth-order valence-corrected chi connectivity index (χ4v) is 5.44. The summed E-state index contributed by atoms with van der Waals surface area (Å²) < 4.78 is 0. The molecule has 0 heterocycles. The van der Waals surface area contributed by atoms with Crippen molar-refractivity contribution >= 4 is 0 Å². The molecule has 2 fully saturated rings. The van der Waals surface area contributed by atoms with Crippen LogP contribution in [0.1, 0.15) is 68.2 Å². The minimum absolute atomic E-state index is 0.425. The summed E-state index contributed by atoms with van der Waals surface area (Å²) in [5, 5.41) is 0. The number of rotatable bonds is 0. The van der Waals surface area contributed by atoms with Gasteiger partial charge in [-0.3, -0.25) is 0 Å². The highest BCUT2D eigenvalue weighted by molar-refractivity contribution is 5.20. The summed E-state index contributed by atoms with van der Waals surface area (Å²) in [7, 11) is 0. The SMILES string of the molecule is CC1CCC2C(C)(C)C(C)(C)C(C)(C)C12C. The van der Waals surface area contributed by atoms with Crippen LogP contribution in [0.15, 0.2) is 0 Å². The van der Waals surface area contributed by atoms with Crippen LogP contribution in [0.2, 0.25) is 0 Å². The van der Waals surface area contributed by atoms with Crippen LogP contribution >= 0.6 is 0 Å². The van der Waals surface area contributed by atoms with Gasteiger partial charge in [-0.25, -0.2) is 0 Å². The molecule has 0 radical (unpaired) electrons. The van der Waals surface area contributed by atoms with Gasteiger partial charge in [-0.1, -0.05) is 55.4 Å². The molecule has 0 spiro atoms. The molecule has 0 bridgehead atoms. The van der Waals surface area contributed by atoms with Crippen molar-refractivity contribution in [2.24, 2.45) is 33.5 Å². The molecule has 0 aromatic heterocycles. The molecule has 3 atom stereocenters. The number of hydrogen-bond acceptors (Lipinski definition) is 0. The van der Waals surface area contributed by atoms with Crippen molar-refractivity contribution in [3.8, 4) is 0 Å². The first-order valence-electron chi connectivity index (χ1n) is 7.01. The molecule has 0 heteroatoms. The van der Waals surface area contributed by atoms with Gasteiger partial charge < -0.3 is 0 Å². The lowest BCUT2D eigenvalue weighted by Gasteiger charge is -2.50. The predicted molar refractivity (Wildman–Crippen MR) is 71.3 cm³/mol. The van der Waals surface area contributed by atoms with Crippen molar-refractivity contribution in [1.82, 2.24) is 0 Å². The lowest BCUT2D eigenvalue weighted by atomic mass is 9.55. The molecule has 94 valence electrons. The monoisotopic (exact) mass is 222 g/mol. The van der Waals surface area contributed by atoms with Gasteiger partial charge in [-0.05, 0) is 46.3 Å². The quantitative estimate of drug-likeness (QED) is 0.533. The van der Waals surface area contributed by atoms with Gasteiger partial charge >= 0.3 is 0 Å². The lowest BCUT2D eigenvalue weighted by molar-refractivity contribution is -0.0161. The highest BCUT2D eigenvalue weighted by atomic mass is 14.8. The molecule has 2 saturated carbocycles. The standard InChI is InChI=1S/C16H30/c1-11-9-10-12-13(2,3)14(4,5)15(6,7)16(11,12)8/h11-12H,9-10H2,1-8H3. The van der Waals surface area contributed by atoms with E-state index in [4.69, 9.17) is 0 Å². The molecule has 0 aromatic carbocycles. The van der Waals surface area contributed by atoms with Crippen molar-refractivity contribution < 1.29 is 0 Å². The van der Waals surface area contributed by atoms with Gasteiger partial charge in [0.2, 0.25) is 0 Å². The van der Waals surface area contributed by atoms with Crippen molar-refractivity contribution in [3.05, 3.63) is 0 Å². The van der Waals surface area contributed by atoms with E-state index in [0.29, 0.717) is 21.7 Å². The first kappa shape index (κ1) is 12.5. The number of fused-ring (bicyclic) bond motifs is 1. The first-order chi connectivity index (χ1) is 7.01. The molecule has 0 amide bonds. The number of hydrogen-bond donors (Lipinski definition) is 0. The molecule has 3 unspecified atom stereocenters. The second kappa shape index (κ2) is 2.87. The van der Waals surface area contributed by atoms with Crippen molar-refractivity contribution in [3.63, 3.8) is 0 Å². The maximum absolute atomic E-state index is 2.58. The highest BCUT2D eigenvalue weighted by Gasteiger charge is 2.72. The van der Waals surface area contributed by atoms with E-state index in [0.717, 1.165) is 11.8 Å². The summed E-state index contributed by atoms with van der Waals surface area (Å²) in [4.78, 5) is 0. The van der Waals surface area contributed by atoms with E-state index in [1.165, 1.54) is 12.8 Å². The average molecular weight is 222 g/mol. The van der Waals surface area contributed by atoms with Crippen LogP contribution in [0.5, 0.6) is 0 Å². The van der Waals surface area contributed by atoms with Gasteiger partial charge in [0.1, 0.15) is 0 Å². The molecule has 0 N–H and O–H groups in total. The van der Waals surface area contributed by atoms with Crippen LogP contribution < -0.4 is 0 Å². The van der Waals surface area contributed by atoms with Crippen LogP contribution in [0, 0.1) is 33.5 Å². The van der Waals surface area contributed by atoms with Gasteiger partial charge in [0.05, 0.1) is 0 Å². The summed E-state index contributed by atoms with van der Waals surface area (Å²) in [6.45, 7) is 20.1. The Kier molecular flexibility index (Phi) is 2.24. The van der Waals surface area contributed by atoms with E-state index in [-0.39, 0.29) is 0 Å². The fraction of sp³-hybridized carbons (Fsp3) is 1.00. The van der Waals surface area contributed by atoms with Crippen molar-refractivity contribution in [2.45, 2.75) is 68.2 Å². The smallest absolute Gasteiger partial charge is 0.0210 e. The molecule has 0 saturated heterocycles. The Morgan fingerprint density at radius 1 is 0.750 bits per heavy atom. The molecule has 2 rings (SSSR count). The normalized spacial score (nSPS) is 48.0. The van der Waals surface area contributed by atoms with Gasteiger partial charge in [-0.2, -0.15) is 0 Å². The minimum atomic E-state index is 0.425. The Morgan fingerprint density at radius 3 is 1.69 bits per heavy atom. The van der Waals surface area contributed by atoms with Gasteiger partial charge in [0.25, 0.3) is 0 Å². The summed E-state index contributed by atoms with van der Waals surface area (Å²) in [5.74, 6) is 1.79. The Balaban J connectivity index is 2.63. The van der Waals surface area contributed by atoms with E-state index in [2.05, 4.69) is 55.4 Å². The zero-order valence-electron chi connectivity index (χ0n) is 12.6.